The van der Waals surface area contributed by atoms with Crippen molar-refractivity contribution in [3.63, 3.8) is 0 Å². The number of ether oxygens (including phenoxy) is 7. The summed E-state index contributed by atoms with van der Waals surface area (Å²) in [6.07, 6.45) is -10.0. The maximum absolute atomic E-state index is 14.4. The molecule has 0 aromatic heterocycles. The molecule has 3 heterocycles. The quantitative estimate of drug-likeness (QED) is 0.0882. The highest BCUT2D eigenvalue weighted by atomic mass is 16.7. The van der Waals surface area contributed by atoms with Crippen LogP contribution in [-0.2, 0) is 49.4 Å². The first kappa shape index (κ1) is 55.6. The molecule has 3 aliphatic rings. The second kappa shape index (κ2) is 24.0. The van der Waals surface area contributed by atoms with Gasteiger partial charge in [0.05, 0.1) is 53.4 Å². The summed E-state index contributed by atoms with van der Waals surface area (Å²) in [6, 6.07) is 8.95. The van der Waals surface area contributed by atoms with Crippen molar-refractivity contribution in [2.75, 3.05) is 34.4 Å². The number of carbonyl (C=O) groups excluding carboxylic acids is 2. The van der Waals surface area contributed by atoms with Crippen LogP contribution in [0, 0.1) is 23.7 Å². The predicted molar refractivity (Wildman–Crippen MR) is 244 cm³/mol. The number of alkyl carbamates (subject to hydrolysis) is 1. The second-order valence-corrected chi connectivity index (χ2v) is 19.8. The lowest BCUT2D eigenvalue weighted by Crippen LogP contribution is -2.61. The molecule has 0 radical (unpaired) electrons. The van der Waals surface area contributed by atoms with Gasteiger partial charge in [-0.05, 0) is 80.5 Å². The Labute approximate surface area is 391 Å². The monoisotopic (exact) mass is 940 g/mol. The molecule has 1 aromatic carbocycles. The van der Waals surface area contributed by atoms with Gasteiger partial charge >= 0.3 is 12.1 Å². The van der Waals surface area contributed by atoms with Crippen LogP contribution in [0.15, 0.2) is 35.5 Å². The fourth-order valence-corrected chi connectivity index (χ4v) is 9.82. The lowest BCUT2D eigenvalue weighted by atomic mass is 9.73. The average Bonchev–Trinajstić information content (AvgIpc) is 3.26. The molecular formula is C48H81N3O15. The zero-order valence-corrected chi connectivity index (χ0v) is 41.4. The van der Waals surface area contributed by atoms with Crippen molar-refractivity contribution in [2.45, 2.75) is 192 Å². The Morgan fingerprint density at radius 1 is 0.939 bits per heavy atom. The number of rotatable bonds is 14. The zero-order valence-electron chi connectivity index (χ0n) is 41.4. The van der Waals surface area contributed by atoms with Gasteiger partial charge in [0.25, 0.3) is 0 Å². The van der Waals surface area contributed by atoms with Crippen LogP contribution >= 0.6 is 0 Å². The van der Waals surface area contributed by atoms with Crippen molar-refractivity contribution in [3.8, 4) is 0 Å². The minimum Gasteiger partial charge on any atom is -0.459 e. The molecule has 3 fully saturated rings. The molecule has 1 aromatic rings. The van der Waals surface area contributed by atoms with E-state index in [0.717, 1.165) is 5.56 Å². The smallest absolute Gasteiger partial charge is 0.407 e. The first-order valence-corrected chi connectivity index (χ1v) is 23.5. The first-order valence-electron chi connectivity index (χ1n) is 23.5. The van der Waals surface area contributed by atoms with Gasteiger partial charge in [-0.1, -0.05) is 63.2 Å². The van der Waals surface area contributed by atoms with Crippen molar-refractivity contribution in [3.05, 3.63) is 35.9 Å². The van der Waals surface area contributed by atoms with Gasteiger partial charge in [0.2, 0.25) is 0 Å². The minimum absolute atomic E-state index is 0.0542. The van der Waals surface area contributed by atoms with Gasteiger partial charge < -0.3 is 73.7 Å². The number of hydrogen-bond donors (Lipinski definition) is 6. The van der Waals surface area contributed by atoms with E-state index >= 15 is 0 Å². The fourth-order valence-electron chi connectivity index (χ4n) is 9.82. The molecule has 0 unspecified atom stereocenters. The van der Waals surface area contributed by atoms with Gasteiger partial charge in [-0.25, -0.2) is 4.79 Å². The number of oxime groups is 1. The summed E-state index contributed by atoms with van der Waals surface area (Å²) in [5.41, 5.74) is -3.73. The summed E-state index contributed by atoms with van der Waals surface area (Å²) in [4.78, 5) is 34.5. The topological polar surface area (TPSA) is 237 Å². The molecule has 6 N–H and O–H groups in total. The van der Waals surface area contributed by atoms with Crippen LogP contribution in [0.25, 0.3) is 0 Å². The molecule has 3 aliphatic heterocycles. The summed E-state index contributed by atoms with van der Waals surface area (Å²) in [7, 11) is 5.20. The molecular weight excluding hydrogens is 859 g/mol. The SMILES string of the molecule is CC[C@H]1OC(=O)[C@H](C)[C@@H](O[C@H]2C[C@@](C)(OC)[C@@H](O)[C@H](C)O2)[C@H](C)[C@@H](O[C@@H]2O[C@H](C)C[C@H](N(C)C)[C@H]2O)[C@](C)(O)C[C@@H](C)/C(=N/OCCCNC(=O)OCc2ccccc2)[C@H](C)[C@@H](O)[C@]1(C)O. The molecule has 0 spiro atoms. The van der Waals surface area contributed by atoms with Crippen LogP contribution < -0.4 is 5.32 Å². The zero-order chi connectivity index (χ0) is 49.3. The summed E-state index contributed by atoms with van der Waals surface area (Å²) in [5.74, 6) is -4.26. The van der Waals surface area contributed by atoms with Crippen molar-refractivity contribution in [2.24, 2.45) is 28.8 Å². The number of methoxy groups -OCH3 is 1. The van der Waals surface area contributed by atoms with E-state index in [-0.39, 0.29) is 51.2 Å². The Hall–Kier alpha value is -3.01. The minimum atomic E-state index is -2.00. The lowest BCUT2D eigenvalue weighted by molar-refractivity contribution is -0.317. The van der Waals surface area contributed by atoms with Gasteiger partial charge in [0.1, 0.15) is 37.1 Å². The van der Waals surface area contributed by atoms with Gasteiger partial charge in [0, 0.05) is 50.3 Å². The fraction of sp³-hybridized carbons (Fsp3) is 0.812. The molecule has 1 amide bonds. The molecule has 18 heteroatoms. The van der Waals surface area contributed by atoms with Gasteiger partial charge in [0.15, 0.2) is 12.6 Å². The molecule has 0 bridgehead atoms. The van der Waals surface area contributed by atoms with Crippen molar-refractivity contribution >= 4 is 17.8 Å². The predicted octanol–water partition coefficient (Wildman–Crippen LogP) is 3.91. The lowest BCUT2D eigenvalue weighted by Gasteiger charge is -2.49. The molecule has 0 saturated carbocycles. The van der Waals surface area contributed by atoms with Crippen LogP contribution in [-0.4, -0.2) is 167 Å². The van der Waals surface area contributed by atoms with Crippen LogP contribution in [0.1, 0.15) is 107 Å². The number of nitrogens with zero attached hydrogens (tertiary/aromatic N) is 2. The maximum Gasteiger partial charge on any atom is 0.407 e. The number of likely N-dealkylation sites (N-methyl/N-ethyl adjacent to an activating group) is 1. The van der Waals surface area contributed by atoms with Crippen molar-refractivity contribution in [1.82, 2.24) is 10.2 Å². The second-order valence-electron chi connectivity index (χ2n) is 19.8. The molecule has 0 aliphatic carbocycles. The number of amides is 1. The number of cyclic esters (lactones) is 1. The maximum atomic E-state index is 14.4. The molecule has 3 saturated heterocycles. The first-order chi connectivity index (χ1) is 30.9. The summed E-state index contributed by atoms with van der Waals surface area (Å²) < 4.78 is 43.1. The number of aliphatic hydroxyl groups is 5. The van der Waals surface area contributed by atoms with E-state index in [1.165, 1.54) is 14.0 Å². The number of esters is 1. The Morgan fingerprint density at radius 2 is 1.61 bits per heavy atom. The van der Waals surface area contributed by atoms with Crippen LogP contribution in [0.5, 0.6) is 0 Å². The number of hydrogen-bond acceptors (Lipinski definition) is 17. The van der Waals surface area contributed by atoms with E-state index in [4.69, 9.17) is 38.0 Å². The van der Waals surface area contributed by atoms with Gasteiger partial charge in [-0.3, -0.25) is 4.79 Å². The van der Waals surface area contributed by atoms with Crippen molar-refractivity contribution < 1.29 is 73.1 Å². The molecule has 66 heavy (non-hydrogen) atoms. The Balaban J connectivity index is 1.72. The third-order valence-electron chi connectivity index (χ3n) is 13.9. The highest BCUT2D eigenvalue weighted by molar-refractivity contribution is 5.88. The summed E-state index contributed by atoms with van der Waals surface area (Å²) >= 11 is 0. The van der Waals surface area contributed by atoms with Crippen LogP contribution in [0.2, 0.25) is 0 Å². The van der Waals surface area contributed by atoms with Crippen LogP contribution in [0.4, 0.5) is 4.79 Å². The molecule has 18 nitrogen and oxygen atoms in total. The Morgan fingerprint density at radius 3 is 2.23 bits per heavy atom. The largest absolute Gasteiger partial charge is 0.459 e. The summed E-state index contributed by atoms with van der Waals surface area (Å²) in [5, 5.41) is 66.9. The highest BCUT2D eigenvalue weighted by Gasteiger charge is 2.53. The van der Waals surface area contributed by atoms with E-state index in [1.807, 2.05) is 63.2 Å². The number of benzene rings is 1. The molecule has 4 rings (SSSR count). The Kier molecular flexibility index (Phi) is 20.2. The van der Waals surface area contributed by atoms with E-state index < -0.39 is 108 Å². The average molecular weight is 940 g/mol. The van der Waals surface area contributed by atoms with Crippen molar-refractivity contribution in [1.29, 1.82) is 0 Å². The number of aliphatic hydroxyl groups excluding tert-OH is 3. The highest BCUT2D eigenvalue weighted by Crippen LogP contribution is 2.41. The van der Waals surface area contributed by atoms with Crippen LogP contribution in [0.3, 0.4) is 0 Å². The van der Waals surface area contributed by atoms with E-state index in [2.05, 4.69) is 10.5 Å². The molecule has 18 atom stereocenters. The van der Waals surface area contributed by atoms with Gasteiger partial charge in [-0.15, -0.1) is 0 Å². The van der Waals surface area contributed by atoms with E-state index in [9.17, 15) is 35.1 Å². The Bertz CT molecular complexity index is 1700. The van der Waals surface area contributed by atoms with Gasteiger partial charge in [-0.2, -0.15) is 0 Å². The standard InChI is InChI=1S/C48H81N3O15/c1-14-35-48(10,58)40(53)29(4)37(50-61-22-18-21-49-45(56)60-26-33-19-16-15-17-20-33)27(2)24-46(8,57)42(66-44-38(52)34(51(11)12)23-28(3)62-44)30(5)39(31(6)43(55)64-35)65-36-25-47(9,59-13)41(54)32(7)63-36/h15-17,19-20,27-32,34-36,38-42,44,52-54,57-58H,14,18,21-26H2,1-13H3,(H,49,56)/b50-37-/t27-,28-,29+,30+,31-,32+,34+,35-,36+,38-,39+,40-,41+,42-,44+,46-,47-,48-/m1/s1. The molecule has 378 valence electrons. The number of nitrogens with one attached hydrogen (secondary N) is 1. The third kappa shape index (κ3) is 13.8. The van der Waals surface area contributed by atoms with E-state index in [1.54, 1.807) is 48.5 Å². The summed E-state index contributed by atoms with van der Waals surface area (Å²) in [6.45, 7) is 17.3. The normalized spacial score (nSPS) is 41.5. The van der Waals surface area contributed by atoms with E-state index in [0.29, 0.717) is 18.6 Å². The number of carbonyl (C=O) groups is 2. The third-order valence-corrected chi connectivity index (χ3v) is 13.9.